The van der Waals surface area contributed by atoms with Gasteiger partial charge in [-0.05, 0) is 135 Å². The second kappa shape index (κ2) is 71.5. The zero-order valence-electron chi connectivity index (χ0n) is 60.5. The monoisotopic (exact) mass is 1400 g/mol. The summed E-state index contributed by atoms with van der Waals surface area (Å²) in [6.07, 6.45) is 84.9. The van der Waals surface area contributed by atoms with Crippen LogP contribution in [0.4, 0.5) is 0 Å². The van der Waals surface area contributed by atoms with E-state index in [-0.39, 0.29) is 19.3 Å². The quantitative estimate of drug-likeness (QED) is 0.0146. The summed E-state index contributed by atoms with van der Waals surface area (Å²) >= 11 is 0. The number of ether oxygens (including phenoxy) is 3. The van der Waals surface area contributed by atoms with Crippen LogP contribution in [-0.4, -0.2) is 95.9 Å². The Bertz CT molecular complexity index is 2300. The lowest BCUT2D eigenvalue weighted by atomic mass is 10.1. The third-order valence-corrected chi connectivity index (χ3v) is 17.2. The van der Waals surface area contributed by atoms with Crippen LogP contribution in [0.3, 0.4) is 0 Å². The van der Waals surface area contributed by atoms with Crippen LogP contribution in [0.15, 0.2) is 134 Å². The molecule has 0 heterocycles. The fourth-order valence-corrected chi connectivity index (χ4v) is 11.3. The number of allylic oxidation sites excluding steroid dienone is 22. The molecule has 97 heavy (non-hydrogen) atoms. The Balaban J connectivity index is 4.58. The smallest absolute Gasteiger partial charge is 0.463 e. The molecule has 0 aliphatic rings. The lowest BCUT2D eigenvalue weighted by Crippen LogP contribution is -2.30. The molecule has 5 atom stereocenters. The first-order chi connectivity index (χ1) is 47.2. The lowest BCUT2D eigenvalue weighted by Gasteiger charge is -2.21. The number of phosphoric acid groups is 2. The molecule has 0 fully saturated rings. The highest BCUT2D eigenvalue weighted by molar-refractivity contribution is 7.47. The average Bonchev–Trinajstić information content (AvgIpc) is 1.58. The largest absolute Gasteiger partial charge is 0.472 e. The molecule has 5 unspecified atom stereocenters. The number of hydrogen-bond acceptors (Lipinski definition) is 14. The van der Waals surface area contributed by atoms with Crippen LogP contribution in [0.25, 0.3) is 0 Å². The fourth-order valence-electron chi connectivity index (χ4n) is 9.68. The van der Waals surface area contributed by atoms with Gasteiger partial charge in [0, 0.05) is 19.3 Å². The predicted octanol–water partition coefficient (Wildman–Crippen LogP) is 21.5. The fraction of sp³-hybridized carbons (Fsp3) is 0.684. The van der Waals surface area contributed by atoms with Gasteiger partial charge in [0.1, 0.15) is 25.4 Å². The van der Waals surface area contributed by atoms with Gasteiger partial charge in [0.25, 0.3) is 0 Å². The Morgan fingerprint density at radius 1 is 0.299 bits per heavy atom. The summed E-state index contributed by atoms with van der Waals surface area (Å²) in [5, 5.41) is 20.6. The Hall–Kier alpha value is -4.31. The maximum Gasteiger partial charge on any atom is 0.472 e. The Kier molecular flexibility index (Phi) is 68.3. The van der Waals surface area contributed by atoms with E-state index in [2.05, 4.69) is 154 Å². The summed E-state index contributed by atoms with van der Waals surface area (Å²) in [6, 6.07) is 0. The molecular formula is C79H134O16P2. The molecule has 0 aromatic rings. The number of aliphatic hydroxyl groups excluding tert-OH is 2. The standard InChI is InChI=1S/C79H134O16P2/c1-4-7-10-13-16-19-22-25-27-29-31-33-35-36-38-40-41-43-45-48-50-53-56-59-62-65-77(82)89-68-74(80)69-91-96(85,86)92-70-75(81)71-93-97(87,88)94-73-76(95-79(84)67-64-61-58-55-52-47-24-21-18-15-12-9-6-3)72-90-78(83)66-63-60-57-54-51-49-46-44-42-39-37-34-32-30-28-26-23-20-17-14-11-8-5-2/h7-8,10-11,16-17,19-21,24-28,31-34,36,38-39,42,74-76,80-81H,4-6,9,12-15,18,22-23,29-30,35,37,40-41,43-73H2,1-3H3,(H,85,86)(H,87,88)/b10-7-,11-8-,19-16-,20-17-,24-21-,27-25-,28-26-,33-31-,34-32-,38-36-,42-39-. The summed E-state index contributed by atoms with van der Waals surface area (Å²) in [6.45, 7) is 2.40. The van der Waals surface area contributed by atoms with Gasteiger partial charge >= 0.3 is 33.6 Å². The van der Waals surface area contributed by atoms with E-state index in [4.69, 9.17) is 32.3 Å². The molecule has 0 aliphatic heterocycles. The van der Waals surface area contributed by atoms with Gasteiger partial charge in [0.15, 0.2) is 6.10 Å². The summed E-state index contributed by atoms with van der Waals surface area (Å²) in [5.41, 5.74) is 0. The minimum Gasteiger partial charge on any atom is -0.463 e. The first-order valence-electron chi connectivity index (χ1n) is 37.5. The van der Waals surface area contributed by atoms with Crippen LogP contribution in [-0.2, 0) is 55.8 Å². The number of esters is 3. The Labute approximate surface area is 588 Å². The molecule has 16 nitrogen and oxygen atoms in total. The number of unbranched alkanes of at least 4 members (excludes halogenated alkanes) is 25. The first kappa shape index (κ1) is 92.7. The summed E-state index contributed by atoms with van der Waals surface area (Å²) in [5.74, 6) is -1.60. The van der Waals surface area contributed by atoms with Crippen molar-refractivity contribution < 1.29 is 75.8 Å². The lowest BCUT2D eigenvalue weighted by molar-refractivity contribution is -0.161. The van der Waals surface area contributed by atoms with Gasteiger partial charge in [-0.15, -0.1) is 0 Å². The van der Waals surface area contributed by atoms with Crippen LogP contribution >= 0.6 is 15.6 Å². The van der Waals surface area contributed by atoms with Gasteiger partial charge in [-0.3, -0.25) is 32.5 Å². The Morgan fingerprint density at radius 3 is 0.876 bits per heavy atom. The molecule has 0 bridgehead atoms. The van der Waals surface area contributed by atoms with Crippen molar-refractivity contribution in [1.82, 2.24) is 0 Å². The topological polar surface area (TPSA) is 231 Å². The number of carbonyl (C=O) groups is 3. The minimum atomic E-state index is -4.93. The van der Waals surface area contributed by atoms with E-state index >= 15 is 0 Å². The van der Waals surface area contributed by atoms with Gasteiger partial charge in [-0.1, -0.05) is 270 Å². The SMILES string of the molecule is CC/C=C\C/C=C\C/C=C\C/C=C\C/C=C\CCCCCCCCCCCC(=O)OCC(O)COP(=O)(O)OCC(O)COP(=O)(O)OCC(COC(=O)CCCCCCCCC/C=C\C/C=C\C/C=C\C/C=C\C/C=C\CC)OC(=O)CCCCCCC/C=C\CCCCCC. The normalized spacial score (nSPS) is 14.8. The molecule has 0 aromatic heterocycles. The van der Waals surface area contributed by atoms with Crippen LogP contribution < -0.4 is 0 Å². The van der Waals surface area contributed by atoms with Gasteiger partial charge in [-0.25, -0.2) is 9.13 Å². The van der Waals surface area contributed by atoms with Crippen molar-refractivity contribution in [2.75, 3.05) is 39.6 Å². The van der Waals surface area contributed by atoms with Gasteiger partial charge in [-0.2, -0.15) is 0 Å². The zero-order chi connectivity index (χ0) is 70.9. The molecule has 0 amide bonds. The molecule has 0 aromatic carbocycles. The van der Waals surface area contributed by atoms with Crippen LogP contribution in [0.1, 0.15) is 290 Å². The second-order valence-corrected chi connectivity index (χ2v) is 27.6. The first-order valence-corrected chi connectivity index (χ1v) is 40.5. The summed E-state index contributed by atoms with van der Waals surface area (Å²) in [4.78, 5) is 58.5. The number of aliphatic hydroxyl groups is 2. The van der Waals surface area contributed by atoms with Crippen molar-refractivity contribution in [1.29, 1.82) is 0 Å². The number of hydrogen-bond donors (Lipinski definition) is 4. The summed E-state index contributed by atoms with van der Waals surface area (Å²) in [7, 11) is -9.79. The van der Waals surface area contributed by atoms with Crippen molar-refractivity contribution in [2.45, 2.75) is 309 Å². The van der Waals surface area contributed by atoms with Crippen LogP contribution in [0, 0.1) is 0 Å². The number of rotatable bonds is 70. The molecule has 0 aliphatic carbocycles. The van der Waals surface area contributed by atoms with Gasteiger partial charge in [0.05, 0.1) is 26.4 Å². The maximum absolute atomic E-state index is 12.9. The van der Waals surface area contributed by atoms with E-state index in [1.807, 2.05) is 0 Å². The molecular weight excluding hydrogens is 1270 g/mol. The highest BCUT2D eigenvalue weighted by Gasteiger charge is 2.29. The maximum atomic E-state index is 12.9. The van der Waals surface area contributed by atoms with Crippen molar-refractivity contribution in [2.24, 2.45) is 0 Å². The molecule has 0 saturated heterocycles. The van der Waals surface area contributed by atoms with E-state index in [0.717, 1.165) is 180 Å². The number of carbonyl (C=O) groups excluding carboxylic acids is 3. The van der Waals surface area contributed by atoms with E-state index in [0.29, 0.717) is 19.3 Å². The van der Waals surface area contributed by atoms with Crippen molar-refractivity contribution in [3.05, 3.63) is 134 Å². The number of phosphoric ester groups is 2. The van der Waals surface area contributed by atoms with E-state index < -0.39 is 91.5 Å². The van der Waals surface area contributed by atoms with E-state index in [1.165, 1.54) is 51.4 Å². The molecule has 556 valence electrons. The molecule has 18 heteroatoms. The third kappa shape index (κ3) is 72.8. The van der Waals surface area contributed by atoms with Crippen LogP contribution in [0.5, 0.6) is 0 Å². The van der Waals surface area contributed by atoms with Crippen molar-refractivity contribution in [3.63, 3.8) is 0 Å². The van der Waals surface area contributed by atoms with Crippen molar-refractivity contribution in [3.8, 4) is 0 Å². The van der Waals surface area contributed by atoms with Crippen molar-refractivity contribution >= 4 is 33.6 Å². The molecule has 0 saturated carbocycles. The molecule has 0 rings (SSSR count). The Morgan fingerprint density at radius 2 is 0.546 bits per heavy atom. The molecule has 4 N–H and O–H groups in total. The molecule has 0 radical (unpaired) electrons. The van der Waals surface area contributed by atoms with Gasteiger partial charge < -0.3 is 34.2 Å². The average molecular weight is 1400 g/mol. The highest BCUT2D eigenvalue weighted by atomic mass is 31.2. The third-order valence-electron chi connectivity index (χ3n) is 15.3. The highest BCUT2D eigenvalue weighted by Crippen LogP contribution is 2.45. The van der Waals surface area contributed by atoms with Crippen LogP contribution in [0.2, 0.25) is 0 Å². The zero-order valence-corrected chi connectivity index (χ0v) is 62.2. The predicted molar refractivity (Wildman–Crippen MR) is 399 cm³/mol. The van der Waals surface area contributed by atoms with E-state index in [9.17, 15) is 43.5 Å². The second-order valence-electron chi connectivity index (χ2n) is 24.7. The summed E-state index contributed by atoms with van der Waals surface area (Å²) < 4.78 is 61.0. The van der Waals surface area contributed by atoms with Gasteiger partial charge in [0.2, 0.25) is 0 Å². The van der Waals surface area contributed by atoms with E-state index in [1.54, 1.807) is 0 Å². The molecule has 0 spiro atoms. The minimum absolute atomic E-state index is 0.0891.